The number of nitrogens with zero attached hydrogens (tertiary/aromatic N) is 1. The largest absolute Gasteiger partial charge is 0.433 e. The van der Waals surface area contributed by atoms with Crippen LogP contribution in [0.3, 0.4) is 0 Å². The van der Waals surface area contributed by atoms with Crippen molar-refractivity contribution in [3.05, 3.63) is 23.5 Å². The molecule has 3 nitrogen and oxygen atoms in total. The van der Waals surface area contributed by atoms with Gasteiger partial charge in [0.05, 0.1) is 5.69 Å². The first-order valence-corrected chi connectivity index (χ1v) is 5.44. The number of hydrogen-bond acceptors (Lipinski definition) is 3. The zero-order valence-electron chi connectivity index (χ0n) is 10.6. The van der Waals surface area contributed by atoms with Crippen molar-refractivity contribution in [2.75, 3.05) is 0 Å². The average Bonchev–Trinajstić information content (AvgIpc) is 2.16. The lowest BCUT2D eigenvalue weighted by Crippen LogP contribution is -2.35. The molecule has 0 spiro atoms. The number of rotatable bonds is 4. The van der Waals surface area contributed by atoms with Crippen LogP contribution in [0, 0.1) is 6.92 Å². The van der Waals surface area contributed by atoms with Gasteiger partial charge in [0.1, 0.15) is 5.75 Å². The van der Waals surface area contributed by atoms with Crippen molar-refractivity contribution >= 4 is 0 Å². The topological polar surface area (TPSA) is 34.1 Å². The van der Waals surface area contributed by atoms with E-state index in [0.29, 0.717) is 12.2 Å². The molecule has 0 radical (unpaired) electrons. The van der Waals surface area contributed by atoms with Crippen molar-refractivity contribution in [1.82, 2.24) is 10.3 Å². The van der Waals surface area contributed by atoms with Gasteiger partial charge < -0.3 is 10.1 Å². The lowest BCUT2D eigenvalue weighted by Gasteiger charge is -2.21. The Morgan fingerprint density at radius 2 is 2.00 bits per heavy atom. The van der Waals surface area contributed by atoms with E-state index < -0.39 is 6.61 Å². The number of hydrogen-bond donors (Lipinski definition) is 1. The third kappa shape index (κ3) is 5.08. The van der Waals surface area contributed by atoms with Gasteiger partial charge in [-0.25, -0.2) is 0 Å². The van der Waals surface area contributed by atoms with Crippen LogP contribution in [-0.2, 0) is 6.54 Å². The van der Waals surface area contributed by atoms with Gasteiger partial charge in [-0.3, -0.25) is 4.98 Å². The van der Waals surface area contributed by atoms with E-state index in [9.17, 15) is 8.78 Å². The summed E-state index contributed by atoms with van der Waals surface area (Å²) in [5.74, 6) is 0.127. The van der Waals surface area contributed by atoms with Crippen LogP contribution in [0.5, 0.6) is 5.75 Å². The summed E-state index contributed by atoms with van der Waals surface area (Å²) < 4.78 is 28.8. The van der Waals surface area contributed by atoms with Crippen molar-refractivity contribution in [3.8, 4) is 5.75 Å². The number of pyridine rings is 1. The quantitative estimate of drug-likeness (QED) is 0.884. The predicted octanol–water partition coefficient (Wildman–Crippen LogP) is 2.88. The highest BCUT2D eigenvalue weighted by molar-refractivity contribution is 5.29. The van der Waals surface area contributed by atoms with Gasteiger partial charge in [-0.1, -0.05) is 0 Å². The van der Waals surface area contributed by atoms with Gasteiger partial charge in [0.15, 0.2) is 0 Å². The highest BCUT2D eigenvalue weighted by Crippen LogP contribution is 2.19. The van der Waals surface area contributed by atoms with Gasteiger partial charge in [0.25, 0.3) is 0 Å². The van der Waals surface area contributed by atoms with Crippen LogP contribution in [0.25, 0.3) is 0 Å². The summed E-state index contributed by atoms with van der Waals surface area (Å²) in [6.45, 7) is 5.37. The van der Waals surface area contributed by atoms with Gasteiger partial charge >= 0.3 is 6.61 Å². The molecule has 0 bridgehead atoms. The minimum atomic E-state index is -2.83. The molecule has 0 unspecified atom stereocenters. The molecule has 1 heterocycles. The highest BCUT2D eigenvalue weighted by atomic mass is 19.3. The lowest BCUT2D eigenvalue weighted by molar-refractivity contribution is -0.0508. The van der Waals surface area contributed by atoms with Gasteiger partial charge in [-0.15, -0.1) is 0 Å². The van der Waals surface area contributed by atoms with Crippen LogP contribution < -0.4 is 10.1 Å². The van der Waals surface area contributed by atoms with Crippen molar-refractivity contribution in [1.29, 1.82) is 0 Å². The molecule has 0 aromatic carbocycles. The van der Waals surface area contributed by atoms with Crippen molar-refractivity contribution in [2.24, 2.45) is 0 Å². The first kappa shape index (κ1) is 13.8. The standard InChI is InChI=1S/C12H18F2N2O/c1-8-5-6-10(17-11(13)14)9(16-8)7-15-12(2,3)4/h5-6,11,15H,7H2,1-4H3. The maximum absolute atomic E-state index is 12.2. The minimum absolute atomic E-state index is 0.104. The number of aromatic nitrogens is 1. The van der Waals surface area contributed by atoms with Crippen molar-refractivity contribution in [2.45, 2.75) is 46.4 Å². The van der Waals surface area contributed by atoms with E-state index in [1.807, 2.05) is 27.7 Å². The van der Waals surface area contributed by atoms with E-state index in [0.717, 1.165) is 5.69 Å². The molecule has 0 amide bonds. The SMILES string of the molecule is Cc1ccc(OC(F)F)c(CNC(C)(C)C)n1. The van der Waals surface area contributed by atoms with Gasteiger partial charge in [0, 0.05) is 17.8 Å². The lowest BCUT2D eigenvalue weighted by atomic mass is 10.1. The fourth-order valence-corrected chi connectivity index (χ4v) is 1.28. The molecule has 1 N–H and O–H groups in total. The Labute approximate surface area is 100 Å². The molecule has 0 aliphatic heterocycles. The maximum atomic E-state index is 12.2. The monoisotopic (exact) mass is 244 g/mol. The third-order valence-corrected chi connectivity index (χ3v) is 2.07. The van der Waals surface area contributed by atoms with Gasteiger partial charge in [-0.05, 0) is 39.8 Å². The predicted molar refractivity (Wildman–Crippen MR) is 62.2 cm³/mol. The molecule has 5 heteroatoms. The van der Waals surface area contributed by atoms with Crippen molar-refractivity contribution < 1.29 is 13.5 Å². The molecule has 1 aromatic heterocycles. The molecule has 0 aliphatic rings. The zero-order valence-corrected chi connectivity index (χ0v) is 10.6. The summed E-state index contributed by atoms with van der Waals surface area (Å²) >= 11 is 0. The molecular weight excluding hydrogens is 226 g/mol. The Balaban J connectivity index is 2.83. The second kappa shape index (κ2) is 5.40. The number of ether oxygens (including phenoxy) is 1. The van der Waals surface area contributed by atoms with Crippen LogP contribution in [0.4, 0.5) is 8.78 Å². The second-order valence-corrected chi connectivity index (χ2v) is 4.88. The van der Waals surface area contributed by atoms with Crippen LogP contribution >= 0.6 is 0 Å². The minimum Gasteiger partial charge on any atom is -0.433 e. The van der Waals surface area contributed by atoms with Crippen LogP contribution in [0.1, 0.15) is 32.2 Å². The number of alkyl halides is 2. The first-order chi connectivity index (χ1) is 7.78. The first-order valence-electron chi connectivity index (χ1n) is 5.44. The van der Waals surface area contributed by atoms with E-state index >= 15 is 0 Å². The number of aryl methyl sites for hydroxylation is 1. The van der Waals surface area contributed by atoms with Crippen LogP contribution in [0.2, 0.25) is 0 Å². The normalized spacial score (nSPS) is 11.9. The molecule has 0 atom stereocenters. The Kier molecular flexibility index (Phi) is 4.40. The van der Waals surface area contributed by atoms with Gasteiger partial charge in [0.2, 0.25) is 0 Å². The smallest absolute Gasteiger partial charge is 0.387 e. The molecular formula is C12H18F2N2O. The second-order valence-electron chi connectivity index (χ2n) is 4.88. The summed E-state index contributed by atoms with van der Waals surface area (Å²) in [6, 6.07) is 3.17. The molecule has 17 heavy (non-hydrogen) atoms. The molecule has 0 saturated carbocycles. The third-order valence-electron chi connectivity index (χ3n) is 2.07. The zero-order chi connectivity index (χ0) is 13.1. The van der Waals surface area contributed by atoms with Crippen molar-refractivity contribution in [3.63, 3.8) is 0 Å². The average molecular weight is 244 g/mol. The molecule has 1 aromatic rings. The Morgan fingerprint density at radius 3 is 2.53 bits per heavy atom. The Hall–Kier alpha value is -1.23. The molecule has 96 valence electrons. The summed E-state index contributed by atoms with van der Waals surface area (Å²) in [4.78, 5) is 4.21. The van der Waals surface area contributed by atoms with E-state index in [1.54, 1.807) is 6.07 Å². The van der Waals surface area contributed by atoms with E-state index in [1.165, 1.54) is 6.07 Å². The summed E-state index contributed by atoms with van der Waals surface area (Å²) in [5.41, 5.74) is 1.17. The van der Waals surface area contributed by atoms with E-state index in [2.05, 4.69) is 15.0 Å². The number of halogens is 2. The summed E-state index contributed by atoms with van der Waals surface area (Å²) in [5, 5.41) is 3.19. The summed E-state index contributed by atoms with van der Waals surface area (Å²) in [7, 11) is 0. The Bertz CT molecular complexity index is 375. The van der Waals surface area contributed by atoms with E-state index in [4.69, 9.17) is 0 Å². The van der Waals surface area contributed by atoms with Crippen LogP contribution in [0.15, 0.2) is 12.1 Å². The molecule has 0 aliphatic carbocycles. The molecule has 0 fully saturated rings. The van der Waals surface area contributed by atoms with Gasteiger partial charge in [-0.2, -0.15) is 8.78 Å². The maximum Gasteiger partial charge on any atom is 0.387 e. The Morgan fingerprint density at radius 1 is 1.35 bits per heavy atom. The highest BCUT2D eigenvalue weighted by Gasteiger charge is 2.14. The fourth-order valence-electron chi connectivity index (χ4n) is 1.28. The summed E-state index contributed by atoms with van der Waals surface area (Å²) in [6.07, 6.45) is 0. The molecule has 1 rings (SSSR count). The van der Waals surface area contributed by atoms with E-state index in [-0.39, 0.29) is 11.3 Å². The molecule has 0 saturated heterocycles. The van der Waals surface area contributed by atoms with Crippen LogP contribution in [-0.4, -0.2) is 17.1 Å². The fraction of sp³-hybridized carbons (Fsp3) is 0.583. The number of nitrogens with one attached hydrogen (secondary N) is 1.